The Balaban J connectivity index is 2.31. The van der Waals surface area contributed by atoms with Gasteiger partial charge in [-0.2, -0.15) is 18.3 Å². The second-order valence-corrected chi connectivity index (χ2v) is 4.37. The smallest absolute Gasteiger partial charge is 0.321 e. The molecule has 112 valence electrons. The number of hydrogen-bond donors (Lipinski definition) is 2. The molecule has 0 saturated heterocycles. The molecule has 0 aliphatic rings. The molecule has 0 radical (unpaired) electrons. The van der Waals surface area contributed by atoms with Crippen molar-refractivity contribution in [1.82, 2.24) is 19.7 Å². The van der Waals surface area contributed by atoms with Crippen LogP contribution in [0.2, 0.25) is 0 Å². The van der Waals surface area contributed by atoms with Crippen LogP contribution in [0, 0.1) is 0 Å². The summed E-state index contributed by atoms with van der Waals surface area (Å²) >= 11 is 0. The molecular weight excluding hydrogens is 289 g/mol. The normalized spacial score (nSPS) is 14.5. The minimum Gasteiger partial charge on any atom is -0.321 e. The maximum Gasteiger partial charge on any atom is 0.415 e. The average Bonchev–Trinajstić information content (AvgIpc) is 2.91. The second kappa shape index (κ2) is 5.13. The Bertz CT molecular complexity index is 638. The molecule has 2 heterocycles. The topological polar surface area (TPSA) is 98.7 Å². The minimum atomic E-state index is -4.88. The molecule has 0 aliphatic heterocycles. The van der Waals surface area contributed by atoms with Gasteiger partial charge in [0.1, 0.15) is 12.7 Å². The van der Waals surface area contributed by atoms with E-state index in [-0.39, 0.29) is 11.5 Å². The Morgan fingerprint density at radius 2 is 2.14 bits per heavy atom. The van der Waals surface area contributed by atoms with Crippen LogP contribution in [0.3, 0.4) is 0 Å². The van der Waals surface area contributed by atoms with Crippen molar-refractivity contribution in [3.8, 4) is 5.82 Å². The zero-order valence-electron chi connectivity index (χ0n) is 10.8. The van der Waals surface area contributed by atoms with Gasteiger partial charge >= 0.3 is 6.18 Å². The molecule has 7 nitrogen and oxygen atoms in total. The molecule has 1 unspecified atom stereocenters. The standard InChI is InChI=1S/C11H11F3N6O/c1-10(15,11(12,13)14)9(21)19-7-3-2-4-17-8(7)20-6-16-5-18-20/h2-6H,15H2,1H3,(H,19,21). The molecule has 0 aromatic carbocycles. The van der Waals surface area contributed by atoms with Gasteiger partial charge in [-0.3, -0.25) is 4.79 Å². The van der Waals surface area contributed by atoms with Crippen LogP contribution < -0.4 is 11.1 Å². The first-order chi connectivity index (χ1) is 9.73. The van der Waals surface area contributed by atoms with E-state index in [1.54, 1.807) is 0 Å². The molecule has 0 aliphatic carbocycles. The summed E-state index contributed by atoms with van der Waals surface area (Å²) in [7, 11) is 0. The van der Waals surface area contributed by atoms with E-state index in [1.165, 1.54) is 35.7 Å². The molecule has 10 heteroatoms. The number of anilines is 1. The molecule has 0 bridgehead atoms. The zero-order valence-corrected chi connectivity index (χ0v) is 10.8. The summed E-state index contributed by atoms with van der Waals surface area (Å²) in [5, 5.41) is 5.91. The van der Waals surface area contributed by atoms with Gasteiger partial charge < -0.3 is 11.1 Å². The van der Waals surface area contributed by atoms with E-state index in [0.717, 1.165) is 0 Å². The summed E-state index contributed by atoms with van der Waals surface area (Å²) < 4.78 is 39.4. The largest absolute Gasteiger partial charge is 0.415 e. The molecule has 21 heavy (non-hydrogen) atoms. The van der Waals surface area contributed by atoms with Crippen LogP contribution in [0.4, 0.5) is 18.9 Å². The van der Waals surface area contributed by atoms with Gasteiger partial charge in [0.15, 0.2) is 11.4 Å². The van der Waals surface area contributed by atoms with Gasteiger partial charge in [0, 0.05) is 6.20 Å². The second-order valence-electron chi connectivity index (χ2n) is 4.37. The molecule has 0 saturated carbocycles. The van der Waals surface area contributed by atoms with E-state index in [0.29, 0.717) is 6.92 Å². The number of halogens is 3. The molecule has 0 fully saturated rings. The molecule has 1 atom stereocenters. The highest BCUT2D eigenvalue weighted by Crippen LogP contribution is 2.29. The minimum absolute atomic E-state index is 0.0360. The first-order valence-corrected chi connectivity index (χ1v) is 5.70. The highest BCUT2D eigenvalue weighted by Gasteiger charge is 2.54. The molecule has 1 amide bonds. The van der Waals surface area contributed by atoms with Crippen molar-refractivity contribution < 1.29 is 18.0 Å². The number of carbonyl (C=O) groups is 1. The van der Waals surface area contributed by atoms with Crippen molar-refractivity contribution in [3.63, 3.8) is 0 Å². The molecule has 3 N–H and O–H groups in total. The summed E-state index contributed by atoms with van der Waals surface area (Å²) in [6.07, 6.45) is -0.961. The van der Waals surface area contributed by atoms with Gasteiger partial charge in [-0.25, -0.2) is 14.6 Å². The van der Waals surface area contributed by atoms with Crippen molar-refractivity contribution in [2.24, 2.45) is 5.73 Å². The number of hydrogen-bond acceptors (Lipinski definition) is 5. The fourth-order valence-corrected chi connectivity index (χ4v) is 1.38. The number of pyridine rings is 1. The molecule has 2 aromatic rings. The van der Waals surface area contributed by atoms with Gasteiger partial charge in [-0.15, -0.1) is 0 Å². The summed E-state index contributed by atoms with van der Waals surface area (Å²) in [5.41, 5.74) is 2.07. The highest BCUT2D eigenvalue weighted by atomic mass is 19.4. The summed E-state index contributed by atoms with van der Waals surface area (Å²) in [5.74, 6) is -1.27. The molecular formula is C11H11F3N6O. The third-order valence-electron chi connectivity index (χ3n) is 2.73. The Hall–Kier alpha value is -2.49. The Morgan fingerprint density at radius 1 is 1.43 bits per heavy atom. The van der Waals surface area contributed by atoms with Crippen molar-refractivity contribution >= 4 is 11.6 Å². The summed E-state index contributed by atoms with van der Waals surface area (Å²) in [6, 6.07) is 2.84. The Kier molecular flexibility index (Phi) is 3.64. The number of aromatic nitrogens is 4. The number of nitrogens with two attached hydrogens (primary N) is 1. The van der Waals surface area contributed by atoms with Crippen LogP contribution in [0.1, 0.15) is 6.92 Å². The van der Waals surface area contributed by atoms with Crippen LogP contribution in [0.15, 0.2) is 31.0 Å². The summed E-state index contributed by atoms with van der Waals surface area (Å²) in [6.45, 7) is 0.591. The monoisotopic (exact) mass is 300 g/mol. The highest BCUT2D eigenvalue weighted by molar-refractivity contribution is 5.99. The van der Waals surface area contributed by atoms with Crippen molar-refractivity contribution in [1.29, 1.82) is 0 Å². The van der Waals surface area contributed by atoms with Gasteiger partial charge in [0.2, 0.25) is 0 Å². The number of alkyl halides is 3. The van der Waals surface area contributed by atoms with Crippen LogP contribution in [0.25, 0.3) is 5.82 Å². The number of nitrogens with one attached hydrogen (secondary N) is 1. The Labute approximate surface area is 117 Å². The third kappa shape index (κ3) is 2.84. The quantitative estimate of drug-likeness (QED) is 0.876. The Morgan fingerprint density at radius 3 is 2.71 bits per heavy atom. The number of carbonyl (C=O) groups excluding carboxylic acids is 1. The van der Waals surface area contributed by atoms with Gasteiger partial charge in [0.05, 0.1) is 5.69 Å². The first kappa shape index (κ1) is 14.9. The van der Waals surface area contributed by atoms with Crippen molar-refractivity contribution in [2.75, 3.05) is 5.32 Å². The van der Waals surface area contributed by atoms with Crippen LogP contribution in [-0.4, -0.2) is 37.4 Å². The lowest BCUT2D eigenvalue weighted by molar-refractivity contribution is -0.184. The lowest BCUT2D eigenvalue weighted by Crippen LogP contribution is -2.59. The number of nitrogens with zero attached hydrogens (tertiary/aromatic N) is 4. The molecule has 2 rings (SSSR count). The van der Waals surface area contributed by atoms with Crippen LogP contribution in [0.5, 0.6) is 0 Å². The predicted molar refractivity (Wildman–Crippen MR) is 66.4 cm³/mol. The number of amides is 1. The number of rotatable bonds is 3. The predicted octanol–water partition coefficient (Wildman–Crippen LogP) is 0.880. The zero-order chi connectivity index (χ0) is 15.7. The van der Waals surface area contributed by atoms with Crippen LogP contribution >= 0.6 is 0 Å². The van der Waals surface area contributed by atoms with E-state index in [2.05, 4.69) is 20.4 Å². The fourth-order valence-electron chi connectivity index (χ4n) is 1.38. The van der Waals surface area contributed by atoms with E-state index < -0.39 is 17.6 Å². The third-order valence-corrected chi connectivity index (χ3v) is 2.73. The van der Waals surface area contributed by atoms with Crippen molar-refractivity contribution in [2.45, 2.75) is 18.6 Å². The lowest BCUT2D eigenvalue weighted by Gasteiger charge is -2.26. The average molecular weight is 300 g/mol. The molecule has 2 aromatic heterocycles. The van der Waals surface area contributed by atoms with E-state index in [4.69, 9.17) is 5.73 Å². The SMILES string of the molecule is CC(N)(C(=O)Nc1cccnc1-n1cncn1)C(F)(F)F. The van der Waals surface area contributed by atoms with Gasteiger partial charge in [-0.1, -0.05) is 0 Å². The van der Waals surface area contributed by atoms with Gasteiger partial charge in [0.25, 0.3) is 5.91 Å². The lowest BCUT2D eigenvalue weighted by atomic mass is 10.0. The molecule has 0 spiro atoms. The van der Waals surface area contributed by atoms with Gasteiger partial charge in [-0.05, 0) is 19.1 Å². The maximum atomic E-state index is 12.7. The van der Waals surface area contributed by atoms with Crippen LogP contribution in [-0.2, 0) is 4.79 Å². The van der Waals surface area contributed by atoms with E-state index >= 15 is 0 Å². The summed E-state index contributed by atoms with van der Waals surface area (Å²) in [4.78, 5) is 19.4. The van der Waals surface area contributed by atoms with E-state index in [1.807, 2.05) is 0 Å². The van der Waals surface area contributed by atoms with E-state index in [9.17, 15) is 18.0 Å². The fraction of sp³-hybridized carbons (Fsp3) is 0.273. The van der Waals surface area contributed by atoms with Crippen molar-refractivity contribution in [3.05, 3.63) is 31.0 Å². The maximum absolute atomic E-state index is 12.7. The first-order valence-electron chi connectivity index (χ1n) is 5.70.